The number of halogens is 4. The van der Waals surface area contributed by atoms with Crippen molar-refractivity contribution < 1.29 is 27.4 Å². The number of rotatable bonds is 6. The zero-order valence-electron chi connectivity index (χ0n) is 27.0. The largest absolute Gasteiger partial charge is 0.462 e. The Bertz CT molecular complexity index is 1910. The minimum Gasteiger partial charge on any atom is -0.462 e. The molecule has 0 aliphatic carbocycles. The van der Waals surface area contributed by atoms with Crippen LogP contribution in [-0.4, -0.2) is 101 Å². The van der Waals surface area contributed by atoms with E-state index in [1.54, 1.807) is 52.1 Å². The van der Waals surface area contributed by atoms with Crippen molar-refractivity contribution in [1.29, 1.82) is 0 Å². The van der Waals surface area contributed by atoms with Gasteiger partial charge in [-0.15, -0.1) is 0 Å². The van der Waals surface area contributed by atoms with Crippen molar-refractivity contribution >= 4 is 45.2 Å². The molecule has 2 fully saturated rings. The van der Waals surface area contributed by atoms with Gasteiger partial charge >= 0.3 is 12.1 Å². The Morgan fingerprint density at radius 2 is 1.94 bits per heavy atom. The number of benzene rings is 2. The van der Waals surface area contributed by atoms with Crippen LogP contribution in [0, 0.1) is 18.2 Å². The third-order valence-corrected chi connectivity index (χ3v) is 9.04. The first-order chi connectivity index (χ1) is 22.9. The number of hydrogen-bond donors (Lipinski definition) is 0. The Morgan fingerprint density at radius 1 is 1.15 bits per heavy atom. The van der Waals surface area contributed by atoms with Gasteiger partial charge in [0.25, 0.3) is 0 Å². The number of pyridine rings is 1. The molecule has 2 aromatic heterocycles. The smallest absolute Gasteiger partial charge is 0.410 e. The molecular formula is C34H35ClF3N7O3. The van der Waals surface area contributed by atoms with E-state index in [1.807, 2.05) is 9.80 Å². The first-order valence-corrected chi connectivity index (χ1v) is 16.0. The second-order valence-corrected chi connectivity index (χ2v) is 13.4. The lowest BCUT2D eigenvalue weighted by Gasteiger charge is -2.40. The van der Waals surface area contributed by atoms with Crippen LogP contribution in [-0.2, 0) is 4.74 Å². The molecule has 6 rings (SSSR count). The Kier molecular flexibility index (Phi) is 9.24. The van der Waals surface area contributed by atoms with Gasteiger partial charge in [-0.1, -0.05) is 35.9 Å². The fraction of sp³-hybridized carbons (Fsp3) is 0.441. The normalized spacial score (nSPS) is 20.4. The lowest BCUT2D eigenvalue weighted by Crippen LogP contribution is -2.57. The first-order valence-electron chi connectivity index (χ1n) is 15.6. The Hall–Kier alpha value is -4.41. The number of likely N-dealkylation sites (tertiary alicyclic amines) is 1. The summed E-state index contributed by atoms with van der Waals surface area (Å²) in [6.07, 6.45) is 0.174. The zero-order valence-corrected chi connectivity index (χ0v) is 27.8. The van der Waals surface area contributed by atoms with Crippen molar-refractivity contribution in [2.45, 2.75) is 51.0 Å². The van der Waals surface area contributed by atoms with Crippen LogP contribution in [0.2, 0.25) is 5.02 Å². The molecule has 2 aliphatic rings. The molecule has 4 heterocycles. The fourth-order valence-electron chi connectivity index (χ4n) is 6.25. The summed E-state index contributed by atoms with van der Waals surface area (Å²) >= 11 is 6.37. The van der Waals surface area contributed by atoms with Gasteiger partial charge in [0.15, 0.2) is 5.82 Å². The summed E-state index contributed by atoms with van der Waals surface area (Å²) in [6, 6.07) is 6.60. The van der Waals surface area contributed by atoms with Crippen LogP contribution in [0.4, 0.5) is 23.8 Å². The number of anilines is 1. The second kappa shape index (κ2) is 13.2. The standard InChI is InChI=1S/C34H35ClF3N7O3/c1-34(2,3)48-33(46)45-14-13-44(17-20(45)15-39-4)31-22-16-40-29(21-8-6-7-19-9-10-24(37)27(35)26(19)21)28(38)30(22)41-32(42-31)47-18-25-23(36)11-12-43(25)5/h6-10,16,20,23,25H,11-15,17-18H2,1-3,5H3/t20-,23-,25-/m0/s1. The predicted octanol–water partition coefficient (Wildman–Crippen LogP) is 6.54. The molecule has 2 aliphatic heterocycles. The highest BCUT2D eigenvalue weighted by atomic mass is 35.5. The highest BCUT2D eigenvalue weighted by Crippen LogP contribution is 2.38. The maximum absolute atomic E-state index is 16.7. The van der Waals surface area contributed by atoms with Gasteiger partial charge in [-0.05, 0) is 45.7 Å². The molecule has 2 aromatic carbocycles. The van der Waals surface area contributed by atoms with E-state index in [2.05, 4.69) is 19.8 Å². The highest BCUT2D eigenvalue weighted by Gasteiger charge is 2.37. The van der Waals surface area contributed by atoms with Crippen molar-refractivity contribution in [2.75, 3.05) is 51.3 Å². The van der Waals surface area contributed by atoms with Gasteiger partial charge in [-0.25, -0.2) is 24.5 Å². The van der Waals surface area contributed by atoms with Crippen LogP contribution in [0.5, 0.6) is 6.01 Å². The monoisotopic (exact) mass is 681 g/mol. The summed E-state index contributed by atoms with van der Waals surface area (Å²) in [5.41, 5.74) is -0.664. The number of ether oxygens (including phenoxy) is 2. The average Bonchev–Trinajstić information content (AvgIpc) is 3.37. The molecule has 0 bridgehead atoms. The number of carbonyl (C=O) groups excluding carboxylic acids is 1. The first kappa shape index (κ1) is 33.5. The number of carbonyl (C=O) groups is 1. The highest BCUT2D eigenvalue weighted by molar-refractivity contribution is 6.36. The van der Waals surface area contributed by atoms with Gasteiger partial charge in [0.05, 0.1) is 16.5 Å². The van der Waals surface area contributed by atoms with Crippen molar-refractivity contribution in [3.8, 4) is 17.3 Å². The molecule has 0 radical (unpaired) electrons. The minimum absolute atomic E-state index is 0.00315. The van der Waals surface area contributed by atoms with Gasteiger partial charge in [-0.3, -0.25) is 14.8 Å². The van der Waals surface area contributed by atoms with Crippen LogP contribution in [0.3, 0.4) is 0 Å². The molecule has 14 heteroatoms. The van der Waals surface area contributed by atoms with E-state index in [4.69, 9.17) is 27.6 Å². The van der Waals surface area contributed by atoms with Gasteiger partial charge < -0.3 is 19.2 Å². The molecule has 48 heavy (non-hydrogen) atoms. The van der Waals surface area contributed by atoms with Crippen molar-refractivity contribution in [3.63, 3.8) is 0 Å². The Labute approximate surface area is 281 Å². The van der Waals surface area contributed by atoms with Crippen LogP contribution in [0.15, 0.2) is 36.5 Å². The average molecular weight is 682 g/mol. The molecule has 10 nitrogen and oxygen atoms in total. The third-order valence-electron chi connectivity index (χ3n) is 8.67. The lowest BCUT2D eigenvalue weighted by atomic mass is 10.0. The SMILES string of the molecule is [C-]#[N+]C[C@H]1CN(c2nc(OC[C@H]3[C@@H](F)CCN3C)nc3c(F)c(-c4cccc5ccc(F)c(Cl)c45)ncc23)CCN1C(=O)OC(C)(C)C. The van der Waals surface area contributed by atoms with Crippen molar-refractivity contribution in [2.24, 2.45) is 0 Å². The van der Waals surface area contributed by atoms with Crippen LogP contribution in [0.25, 0.3) is 37.8 Å². The van der Waals surface area contributed by atoms with E-state index in [0.717, 1.165) is 0 Å². The lowest BCUT2D eigenvalue weighted by molar-refractivity contribution is 0.0155. The number of fused-ring (bicyclic) bond motifs is 2. The molecule has 0 saturated carbocycles. The van der Waals surface area contributed by atoms with E-state index in [0.29, 0.717) is 23.7 Å². The van der Waals surface area contributed by atoms with E-state index >= 15 is 4.39 Å². The summed E-state index contributed by atoms with van der Waals surface area (Å²) in [6.45, 7) is 14.0. The minimum atomic E-state index is -1.10. The Morgan fingerprint density at radius 3 is 2.65 bits per heavy atom. The molecule has 0 N–H and O–H groups in total. The summed E-state index contributed by atoms with van der Waals surface area (Å²) < 4.78 is 57.4. The van der Waals surface area contributed by atoms with Crippen LogP contribution in [0.1, 0.15) is 27.2 Å². The molecule has 3 atom stereocenters. The Balaban J connectivity index is 1.44. The zero-order chi connectivity index (χ0) is 34.3. The van der Waals surface area contributed by atoms with Crippen LogP contribution < -0.4 is 9.64 Å². The maximum Gasteiger partial charge on any atom is 0.410 e. The number of piperazine rings is 1. The van der Waals surface area contributed by atoms with Gasteiger partial charge in [0.1, 0.15) is 47.3 Å². The molecule has 2 saturated heterocycles. The maximum atomic E-state index is 16.7. The van der Waals surface area contributed by atoms with Crippen LogP contribution >= 0.6 is 11.6 Å². The molecule has 0 unspecified atom stereocenters. The summed E-state index contributed by atoms with van der Waals surface area (Å²) in [7, 11) is 1.80. The number of likely N-dealkylation sites (N-methyl/N-ethyl adjacent to an activating group) is 1. The summed E-state index contributed by atoms with van der Waals surface area (Å²) in [4.78, 5) is 35.3. The number of alkyl halides is 1. The molecule has 252 valence electrons. The van der Waals surface area contributed by atoms with Gasteiger partial charge in [0.2, 0.25) is 6.54 Å². The third kappa shape index (κ3) is 6.51. The summed E-state index contributed by atoms with van der Waals surface area (Å²) in [5.74, 6) is -1.17. The molecule has 0 spiro atoms. The summed E-state index contributed by atoms with van der Waals surface area (Å²) in [5, 5.41) is 0.999. The van der Waals surface area contributed by atoms with Crippen molar-refractivity contribution in [1.82, 2.24) is 24.8 Å². The number of nitrogens with zero attached hydrogens (tertiary/aromatic N) is 7. The van der Waals surface area contributed by atoms with E-state index in [-0.39, 0.29) is 71.8 Å². The molecule has 1 amide bonds. The topological polar surface area (TPSA) is 88.3 Å². The quantitative estimate of drug-likeness (QED) is 0.212. The van der Waals surface area contributed by atoms with Gasteiger partial charge in [-0.2, -0.15) is 9.97 Å². The number of aromatic nitrogens is 3. The molecular weight excluding hydrogens is 647 g/mol. The second-order valence-electron chi connectivity index (χ2n) is 13.1. The molecule has 4 aromatic rings. The van der Waals surface area contributed by atoms with E-state index in [1.165, 1.54) is 17.2 Å². The van der Waals surface area contributed by atoms with Gasteiger partial charge in [0, 0.05) is 43.3 Å². The van der Waals surface area contributed by atoms with E-state index < -0.39 is 41.6 Å². The number of hydrogen-bond acceptors (Lipinski definition) is 8. The van der Waals surface area contributed by atoms with Crippen molar-refractivity contribution in [3.05, 3.63) is 64.6 Å². The fourth-order valence-corrected chi connectivity index (χ4v) is 6.52. The predicted molar refractivity (Wildman–Crippen MR) is 177 cm³/mol. The van der Waals surface area contributed by atoms with E-state index in [9.17, 15) is 13.6 Å². The number of amides is 1.